The summed E-state index contributed by atoms with van der Waals surface area (Å²) in [6, 6.07) is 31.8. The summed E-state index contributed by atoms with van der Waals surface area (Å²) < 4.78 is 60.4. The molecule has 1 heterocycles. The summed E-state index contributed by atoms with van der Waals surface area (Å²) in [5.74, 6) is 2.55. The van der Waals surface area contributed by atoms with Gasteiger partial charge >= 0.3 is 0 Å². The zero-order chi connectivity index (χ0) is 39.1. The first kappa shape index (κ1) is 39.2. The van der Waals surface area contributed by atoms with Gasteiger partial charge in [-0.2, -0.15) is 0 Å². The molecule has 0 fully saturated rings. The van der Waals surface area contributed by atoms with Gasteiger partial charge in [0.2, 0.25) is 10.0 Å². The van der Waals surface area contributed by atoms with E-state index >= 15 is 0 Å². The van der Waals surface area contributed by atoms with Crippen molar-refractivity contribution in [3.05, 3.63) is 158 Å². The van der Waals surface area contributed by atoms with E-state index in [4.69, 9.17) is 4.74 Å². The summed E-state index contributed by atoms with van der Waals surface area (Å²) in [4.78, 5) is -0.135. The molecule has 0 spiro atoms. The van der Waals surface area contributed by atoms with E-state index in [0.29, 0.717) is 57.9 Å². The number of sulfonamides is 2. The first-order chi connectivity index (χ1) is 25.4. The van der Waals surface area contributed by atoms with Crippen LogP contribution in [0.15, 0.2) is 102 Å². The number of hydrogen-bond donors (Lipinski definition) is 1. The van der Waals surface area contributed by atoms with Crippen molar-refractivity contribution in [1.29, 1.82) is 0 Å². The van der Waals surface area contributed by atoms with Crippen LogP contribution in [0, 0.1) is 0 Å². The average Bonchev–Trinajstić information content (AvgIpc) is 3.09. The van der Waals surface area contributed by atoms with Crippen LogP contribution in [-0.2, 0) is 26.5 Å². The lowest BCUT2D eigenvalue weighted by atomic mass is 9.85. The number of ether oxygens (including phenoxy) is 1. The van der Waals surface area contributed by atoms with Gasteiger partial charge in [-0.3, -0.25) is 0 Å². The molecule has 1 N–H and O–H groups in total. The monoisotopic (exact) mass is 761 g/mol. The Bertz CT molecular complexity index is 2530. The highest BCUT2D eigenvalue weighted by molar-refractivity contribution is 8.04. The largest absolute Gasteiger partial charge is 0.456 e. The lowest BCUT2D eigenvalue weighted by Crippen LogP contribution is -2.30. The van der Waals surface area contributed by atoms with Gasteiger partial charge in [0.1, 0.15) is 11.5 Å². The molecule has 0 aromatic heterocycles. The van der Waals surface area contributed by atoms with Gasteiger partial charge < -0.3 is 4.74 Å². The highest BCUT2D eigenvalue weighted by Gasteiger charge is 2.28. The Hall–Kier alpha value is -4.50. The number of nitrogens with one attached hydrogen (secondary N) is 1. The molecule has 0 unspecified atom stereocenters. The van der Waals surface area contributed by atoms with E-state index in [1.54, 1.807) is 18.2 Å². The van der Waals surface area contributed by atoms with E-state index < -0.39 is 20.0 Å². The first-order valence-electron chi connectivity index (χ1n) is 18.7. The zero-order valence-electron chi connectivity index (χ0n) is 32.7. The third-order valence-electron chi connectivity index (χ3n) is 10.1. The van der Waals surface area contributed by atoms with Crippen molar-refractivity contribution in [2.75, 3.05) is 6.26 Å². The van der Waals surface area contributed by atoms with E-state index in [9.17, 15) is 16.8 Å². The van der Waals surface area contributed by atoms with E-state index in [2.05, 4.69) is 110 Å². The molecule has 282 valence electrons. The molecule has 0 amide bonds. The number of fused-ring (bicyclic) bond motifs is 2. The molecule has 0 aliphatic carbocycles. The van der Waals surface area contributed by atoms with Crippen LogP contribution in [0.5, 0.6) is 11.5 Å². The summed E-state index contributed by atoms with van der Waals surface area (Å²) in [5.41, 5.74) is 10.5. The highest BCUT2D eigenvalue weighted by atomic mass is 32.3. The minimum absolute atomic E-state index is 0.135. The maximum atomic E-state index is 13.7. The molecule has 0 bridgehead atoms. The minimum Gasteiger partial charge on any atom is -0.456 e. The predicted octanol–water partition coefficient (Wildman–Crippen LogP) is 9.19. The van der Waals surface area contributed by atoms with E-state index in [0.717, 1.165) is 22.6 Å². The Kier molecular flexibility index (Phi) is 11.1. The van der Waals surface area contributed by atoms with Crippen LogP contribution in [0.1, 0.15) is 129 Å². The molecule has 54 heavy (non-hydrogen) atoms. The van der Waals surface area contributed by atoms with Crippen molar-refractivity contribution in [2.45, 2.75) is 90.4 Å². The van der Waals surface area contributed by atoms with Gasteiger partial charge in [-0.05, 0) is 105 Å². The molecule has 0 radical (unpaired) electrons. The van der Waals surface area contributed by atoms with Crippen LogP contribution in [0.3, 0.4) is 0 Å². The normalized spacial score (nSPS) is 13.5. The number of rotatable bonds is 11. The van der Waals surface area contributed by atoms with Gasteiger partial charge in [0, 0.05) is 21.9 Å². The smallest absolute Gasteiger partial charge is 0.254 e. The lowest BCUT2D eigenvalue weighted by molar-refractivity contribution is 0.471. The Morgan fingerprint density at radius 3 is 1.76 bits per heavy atom. The van der Waals surface area contributed by atoms with Crippen molar-refractivity contribution in [2.24, 2.45) is 0 Å². The van der Waals surface area contributed by atoms with Crippen molar-refractivity contribution < 1.29 is 21.6 Å². The summed E-state index contributed by atoms with van der Waals surface area (Å²) in [6.07, 6.45) is 3.76. The molecule has 0 saturated heterocycles. The summed E-state index contributed by atoms with van der Waals surface area (Å²) in [7, 11) is -8.54. The Morgan fingerprint density at radius 1 is 0.611 bits per heavy atom. The van der Waals surface area contributed by atoms with Gasteiger partial charge in [-0.25, -0.2) is 16.8 Å². The van der Waals surface area contributed by atoms with Crippen molar-refractivity contribution in [3.63, 3.8) is 0 Å². The zero-order valence-corrected chi connectivity index (χ0v) is 34.3. The van der Waals surface area contributed by atoms with E-state index in [1.807, 2.05) is 28.4 Å². The van der Waals surface area contributed by atoms with E-state index in [1.165, 1.54) is 39.4 Å². The van der Waals surface area contributed by atoms with Crippen LogP contribution in [0.4, 0.5) is 0 Å². The third-order valence-corrected chi connectivity index (χ3v) is 13.1. The van der Waals surface area contributed by atoms with E-state index in [-0.39, 0.29) is 4.90 Å². The van der Waals surface area contributed by atoms with Crippen LogP contribution in [0.25, 0.3) is 11.6 Å². The quantitative estimate of drug-likeness (QED) is 0.142. The van der Waals surface area contributed by atoms with Crippen molar-refractivity contribution in [3.8, 4) is 11.5 Å². The fraction of sp³-hybridized carbons (Fsp3) is 0.304. The molecule has 5 aromatic carbocycles. The maximum Gasteiger partial charge on any atom is 0.254 e. The van der Waals surface area contributed by atoms with Gasteiger partial charge in [-0.15, -0.1) is 4.13 Å². The molecule has 1 aliphatic rings. The van der Waals surface area contributed by atoms with Crippen molar-refractivity contribution >= 4 is 31.7 Å². The standard InChI is InChI=1S/C46H51NO5S2/c1-28(2)34-15-12-16-35(29(3)4)41(34)24-32-20-22-38-43(26-32)52-44-27-33(25-42-36(30(5)6)17-13-18-37(42)31(7)8)21-23-39(44)46(38)40-14-10-11-19-45(40)54(50,51)47-53(9,48)49/h10-24,26-31,47H,25H2,1-9H3/b32-24+. The van der Waals surface area contributed by atoms with Crippen molar-refractivity contribution in [1.82, 2.24) is 4.13 Å². The molecular formula is C46H51NO5S2. The SMILES string of the molecule is CC(C)c1cccc(C(C)C)c1/C=c1\ccc2c(c1)Oc1cc(Cc3c(C(C)C)cccc3C(C)C)ccc1C=2c1ccccc1S(=O)(=O)NS(C)(=O)=O. The lowest BCUT2D eigenvalue weighted by Gasteiger charge is -2.24. The molecule has 8 heteroatoms. The first-order valence-corrected chi connectivity index (χ1v) is 22.1. The van der Waals surface area contributed by atoms with Crippen LogP contribution in [-0.4, -0.2) is 23.1 Å². The maximum absolute atomic E-state index is 13.7. The predicted molar refractivity (Wildman–Crippen MR) is 221 cm³/mol. The summed E-state index contributed by atoms with van der Waals surface area (Å²) in [5, 5.41) is 1.66. The van der Waals surface area contributed by atoms with Gasteiger partial charge in [0.05, 0.1) is 11.2 Å². The number of benzene rings is 5. The van der Waals surface area contributed by atoms with Gasteiger partial charge in [0.25, 0.3) is 10.0 Å². The Balaban J connectivity index is 1.61. The second-order valence-electron chi connectivity index (χ2n) is 15.6. The molecule has 6 nitrogen and oxygen atoms in total. The minimum atomic E-state index is -4.46. The fourth-order valence-electron chi connectivity index (χ4n) is 7.65. The molecule has 5 aromatic rings. The molecule has 0 atom stereocenters. The van der Waals surface area contributed by atoms with Crippen LogP contribution >= 0.6 is 0 Å². The highest BCUT2D eigenvalue weighted by Crippen LogP contribution is 2.40. The van der Waals surface area contributed by atoms with Gasteiger partial charge in [0.15, 0.2) is 0 Å². The molecular weight excluding hydrogens is 711 g/mol. The second-order valence-corrected chi connectivity index (χ2v) is 19.3. The molecule has 0 saturated carbocycles. The molecule has 1 aliphatic heterocycles. The third kappa shape index (κ3) is 8.12. The fourth-order valence-corrected chi connectivity index (χ4v) is 10.3. The molecule has 6 rings (SSSR count). The van der Waals surface area contributed by atoms with Crippen LogP contribution < -0.4 is 19.3 Å². The summed E-state index contributed by atoms with van der Waals surface area (Å²) >= 11 is 0. The average molecular weight is 762 g/mol. The van der Waals surface area contributed by atoms with Crippen LogP contribution in [0.2, 0.25) is 0 Å². The van der Waals surface area contributed by atoms with Gasteiger partial charge in [-0.1, -0.05) is 128 Å². The Labute approximate surface area is 321 Å². The topological polar surface area (TPSA) is 89.5 Å². The second kappa shape index (κ2) is 15.3. The summed E-state index contributed by atoms with van der Waals surface area (Å²) in [6.45, 7) is 17.7. The Morgan fingerprint density at radius 2 is 1.19 bits per heavy atom. The number of hydrogen-bond acceptors (Lipinski definition) is 5.